The molecule has 4 aromatic carbocycles. The Kier molecular flexibility index (Phi) is 8.28. The van der Waals surface area contributed by atoms with Gasteiger partial charge in [0.2, 0.25) is 0 Å². The highest BCUT2D eigenvalue weighted by Crippen LogP contribution is 2.22. The number of carbonyl (C=O) groups excluding carboxylic acids is 1. The molecular weight excluding hydrogens is 444 g/mol. The maximum atomic E-state index is 13.3. The van der Waals surface area contributed by atoms with Crippen LogP contribution in [0.4, 0.5) is 0 Å². The number of nitriles is 1. The van der Waals surface area contributed by atoms with E-state index in [1.807, 2.05) is 78.9 Å². The Bertz CT molecular complexity index is 1340. The van der Waals surface area contributed by atoms with Crippen molar-refractivity contribution in [3.05, 3.63) is 131 Å². The van der Waals surface area contributed by atoms with E-state index in [4.69, 9.17) is 0 Å². The zero-order valence-electron chi connectivity index (χ0n) is 20.4. The van der Waals surface area contributed by atoms with Gasteiger partial charge in [-0.1, -0.05) is 84.4 Å². The van der Waals surface area contributed by atoms with Gasteiger partial charge in [0.25, 0.3) is 5.91 Å². The molecular formula is C32H30N2O2. The standard InChI is InChI=1S/C32H30N2O2/c1-23-7-5-12-29(17-23)27-13-15-28(16-14-27)32(36)34-31(20-24-8-3-2-4-9-24)30(22-35)19-25-10-6-11-26(18-25)21-33/h2-18,30-31,35H,19-20,22H2,1H3,(H,34,36). The van der Waals surface area contributed by atoms with Crippen molar-refractivity contribution in [3.8, 4) is 17.2 Å². The molecule has 0 aliphatic heterocycles. The molecule has 2 atom stereocenters. The molecule has 36 heavy (non-hydrogen) atoms. The first-order valence-electron chi connectivity index (χ1n) is 12.2. The molecule has 0 fully saturated rings. The Morgan fingerprint density at radius 1 is 0.833 bits per heavy atom. The molecule has 4 aromatic rings. The van der Waals surface area contributed by atoms with E-state index in [0.717, 1.165) is 22.3 Å². The molecule has 0 saturated heterocycles. The maximum Gasteiger partial charge on any atom is 0.251 e. The van der Waals surface area contributed by atoms with E-state index in [0.29, 0.717) is 24.0 Å². The van der Waals surface area contributed by atoms with Crippen molar-refractivity contribution in [2.24, 2.45) is 5.92 Å². The van der Waals surface area contributed by atoms with Crippen LogP contribution in [0.2, 0.25) is 0 Å². The van der Waals surface area contributed by atoms with Crippen LogP contribution >= 0.6 is 0 Å². The van der Waals surface area contributed by atoms with E-state index in [1.165, 1.54) is 5.56 Å². The molecule has 0 radical (unpaired) electrons. The zero-order valence-corrected chi connectivity index (χ0v) is 20.4. The van der Waals surface area contributed by atoms with Crippen LogP contribution in [0.15, 0.2) is 103 Å². The Hall–Kier alpha value is -4.20. The van der Waals surface area contributed by atoms with E-state index in [9.17, 15) is 15.2 Å². The molecule has 0 aliphatic carbocycles. The predicted molar refractivity (Wildman–Crippen MR) is 143 cm³/mol. The smallest absolute Gasteiger partial charge is 0.251 e. The normalized spacial score (nSPS) is 12.4. The molecule has 0 bridgehead atoms. The number of nitrogens with zero attached hydrogens (tertiary/aromatic N) is 1. The number of amides is 1. The van der Waals surface area contributed by atoms with Crippen molar-refractivity contribution < 1.29 is 9.90 Å². The second-order valence-corrected chi connectivity index (χ2v) is 9.18. The molecule has 0 saturated carbocycles. The summed E-state index contributed by atoms with van der Waals surface area (Å²) in [6.45, 7) is 1.98. The summed E-state index contributed by atoms with van der Waals surface area (Å²) in [6, 6.07) is 35.2. The summed E-state index contributed by atoms with van der Waals surface area (Å²) in [5.74, 6) is -0.384. The molecule has 180 valence electrons. The van der Waals surface area contributed by atoms with Crippen LogP contribution in [-0.4, -0.2) is 23.7 Å². The van der Waals surface area contributed by atoms with Gasteiger partial charge < -0.3 is 10.4 Å². The number of hydrogen-bond acceptors (Lipinski definition) is 3. The Balaban J connectivity index is 1.55. The van der Waals surface area contributed by atoms with Crippen LogP contribution in [0.25, 0.3) is 11.1 Å². The topological polar surface area (TPSA) is 73.1 Å². The minimum atomic E-state index is -0.285. The van der Waals surface area contributed by atoms with Gasteiger partial charge in [0, 0.05) is 24.1 Å². The second kappa shape index (κ2) is 12.0. The molecule has 4 nitrogen and oxygen atoms in total. The first-order chi connectivity index (χ1) is 17.6. The van der Waals surface area contributed by atoms with Crippen LogP contribution in [0.3, 0.4) is 0 Å². The quantitative estimate of drug-likeness (QED) is 0.326. The van der Waals surface area contributed by atoms with Crippen LogP contribution < -0.4 is 5.32 Å². The Labute approximate surface area is 212 Å². The summed E-state index contributed by atoms with van der Waals surface area (Å²) in [5, 5.41) is 22.8. The van der Waals surface area contributed by atoms with Crippen LogP contribution in [0, 0.1) is 24.2 Å². The van der Waals surface area contributed by atoms with Crippen LogP contribution in [-0.2, 0) is 12.8 Å². The predicted octanol–water partition coefficient (Wildman–Crippen LogP) is 5.73. The summed E-state index contributed by atoms with van der Waals surface area (Å²) >= 11 is 0. The lowest BCUT2D eigenvalue weighted by Crippen LogP contribution is -2.44. The number of aliphatic hydroxyl groups excluding tert-OH is 1. The molecule has 4 rings (SSSR count). The van der Waals surface area contributed by atoms with Gasteiger partial charge in [-0.25, -0.2) is 0 Å². The maximum absolute atomic E-state index is 13.3. The SMILES string of the molecule is Cc1cccc(-c2ccc(C(=O)NC(Cc3ccccc3)C(CO)Cc3cccc(C#N)c3)cc2)c1. The number of carbonyl (C=O) groups is 1. The van der Waals surface area contributed by atoms with Crippen molar-refractivity contribution in [3.63, 3.8) is 0 Å². The van der Waals surface area contributed by atoms with Crippen molar-refractivity contribution in [2.45, 2.75) is 25.8 Å². The summed E-state index contributed by atoms with van der Waals surface area (Å²) in [4.78, 5) is 13.3. The van der Waals surface area contributed by atoms with E-state index in [1.54, 1.807) is 6.07 Å². The number of nitrogens with one attached hydrogen (secondary N) is 1. The summed E-state index contributed by atoms with van der Waals surface area (Å²) in [7, 11) is 0. The molecule has 2 N–H and O–H groups in total. The van der Waals surface area contributed by atoms with Crippen molar-refractivity contribution in [1.82, 2.24) is 5.32 Å². The van der Waals surface area contributed by atoms with E-state index in [2.05, 4.69) is 36.5 Å². The number of benzene rings is 4. The molecule has 0 spiro atoms. The number of aryl methyl sites for hydroxylation is 1. The van der Waals surface area contributed by atoms with Crippen molar-refractivity contribution in [1.29, 1.82) is 5.26 Å². The number of aliphatic hydroxyl groups is 1. The highest BCUT2D eigenvalue weighted by atomic mass is 16.3. The molecule has 0 aliphatic rings. The minimum absolute atomic E-state index is 0.0825. The van der Waals surface area contributed by atoms with Gasteiger partial charge >= 0.3 is 0 Å². The zero-order chi connectivity index (χ0) is 25.3. The van der Waals surface area contributed by atoms with Crippen molar-refractivity contribution in [2.75, 3.05) is 6.61 Å². The summed E-state index contributed by atoms with van der Waals surface area (Å²) in [5.41, 5.74) is 6.57. The third-order valence-corrected chi connectivity index (χ3v) is 6.47. The fourth-order valence-corrected chi connectivity index (χ4v) is 4.50. The van der Waals surface area contributed by atoms with Gasteiger partial charge in [-0.15, -0.1) is 0 Å². The van der Waals surface area contributed by atoms with Gasteiger partial charge in [-0.3, -0.25) is 4.79 Å². The lowest BCUT2D eigenvalue weighted by Gasteiger charge is -2.27. The summed E-state index contributed by atoms with van der Waals surface area (Å²) in [6.07, 6.45) is 1.15. The van der Waals surface area contributed by atoms with Gasteiger partial charge in [0.1, 0.15) is 0 Å². The lowest BCUT2D eigenvalue weighted by molar-refractivity contribution is 0.0903. The molecule has 4 heteroatoms. The molecule has 1 amide bonds. The van der Waals surface area contributed by atoms with E-state index in [-0.39, 0.29) is 24.5 Å². The molecule has 2 unspecified atom stereocenters. The van der Waals surface area contributed by atoms with Crippen LogP contribution in [0.5, 0.6) is 0 Å². The first-order valence-corrected chi connectivity index (χ1v) is 12.2. The van der Waals surface area contributed by atoms with E-state index >= 15 is 0 Å². The third kappa shape index (κ3) is 6.47. The van der Waals surface area contributed by atoms with Crippen molar-refractivity contribution >= 4 is 5.91 Å². The first kappa shape index (κ1) is 24.9. The second-order valence-electron chi connectivity index (χ2n) is 9.18. The fourth-order valence-electron chi connectivity index (χ4n) is 4.50. The molecule has 0 heterocycles. The highest BCUT2D eigenvalue weighted by molar-refractivity contribution is 5.95. The van der Waals surface area contributed by atoms with E-state index < -0.39 is 0 Å². The average molecular weight is 475 g/mol. The molecule has 0 aromatic heterocycles. The highest BCUT2D eigenvalue weighted by Gasteiger charge is 2.24. The van der Waals surface area contributed by atoms with Crippen LogP contribution in [0.1, 0.15) is 32.6 Å². The monoisotopic (exact) mass is 474 g/mol. The third-order valence-electron chi connectivity index (χ3n) is 6.47. The van der Waals surface area contributed by atoms with Gasteiger partial charge in [-0.2, -0.15) is 5.26 Å². The number of rotatable bonds is 9. The average Bonchev–Trinajstić information content (AvgIpc) is 2.92. The van der Waals surface area contributed by atoms with Gasteiger partial charge in [0.15, 0.2) is 0 Å². The minimum Gasteiger partial charge on any atom is -0.396 e. The lowest BCUT2D eigenvalue weighted by atomic mass is 9.88. The summed E-state index contributed by atoms with van der Waals surface area (Å²) < 4.78 is 0. The van der Waals surface area contributed by atoms with Gasteiger partial charge in [-0.05, 0) is 66.3 Å². The fraction of sp³-hybridized carbons (Fsp3) is 0.188. The largest absolute Gasteiger partial charge is 0.396 e. The number of hydrogen-bond donors (Lipinski definition) is 2. The Morgan fingerprint density at radius 2 is 1.56 bits per heavy atom. The Morgan fingerprint density at radius 3 is 2.25 bits per heavy atom. The van der Waals surface area contributed by atoms with Gasteiger partial charge in [0.05, 0.1) is 11.6 Å².